The van der Waals surface area contributed by atoms with Crippen molar-refractivity contribution in [3.05, 3.63) is 0 Å². The van der Waals surface area contributed by atoms with Gasteiger partial charge in [-0.2, -0.15) is 0 Å². The summed E-state index contributed by atoms with van der Waals surface area (Å²) in [5.41, 5.74) is 2.67. The van der Waals surface area contributed by atoms with Crippen molar-refractivity contribution in [3.8, 4) is 0 Å². The Morgan fingerprint density at radius 1 is 0.617 bits per heavy atom. The number of likely N-dealkylation sites (tertiary alicyclic amines) is 2. The summed E-state index contributed by atoms with van der Waals surface area (Å²) >= 11 is 0. The van der Waals surface area contributed by atoms with Crippen molar-refractivity contribution in [2.45, 2.75) is 98.3 Å². The largest absolute Gasteiger partial charge is 0.444 e. The first-order valence-electron chi connectivity index (χ1n) is 16.8. The number of piperazine rings is 2. The molecule has 4 heterocycles. The van der Waals surface area contributed by atoms with Crippen LogP contribution in [0.25, 0.3) is 0 Å². The predicted octanol–water partition coefficient (Wildman–Crippen LogP) is 1.67. The van der Waals surface area contributed by atoms with Gasteiger partial charge in [-0.1, -0.05) is 0 Å². The first kappa shape index (κ1) is 40.2. The Balaban J connectivity index is 0.000000271. The molecule has 0 aromatic rings. The molecule has 15 heteroatoms. The molecule has 4 saturated heterocycles. The molecule has 4 amide bonds. The molecule has 270 valence electrons. The first-order chi connectivity index (χ1) is 21.8. The second kappa shape index (κ2) is 18.5. The molecule has 4 aliphatic rings. The summed E-state index contributed by atoms with van der Waals surface area (Å²) in [6, 6.07) is 0.415. The zero-order valence-corrected chi connectivity index (χ0v) is 30.0. The van der Waals surface area contributed by atoms with E-state index in [9.17, 15) is 24.0 Å². The van der Waals surface area contributed by atoms with Crippen molar-refractivity contribution in [2.75, 3.05) is 78.5 Å². The van der Waals surface area contributed by atoms with Crippen LogP contribution in [-0.4, -0.2) is 155 Å². The fourth-order valence-electron chi connectivity index (χ4n) is 5.23. The van der Waals surface area contributed by atoms with Crippen LogP contribution < -0.4 is 11.3 Å². The molecule has 47 heavy (non-hydrogen) atoms. The van der Waals surface area contributed by atoms with Gasteiger partial charge < -0.3 is 29.1 Å². The summed E-state index contributed by atoms with van der Waals surface area (Å²) in [6.07, 6.45) is 2.56. The minimum atomic E-state index is -0.447. The van der Waals surface area contributed by atoms with Crippen molar-refractivity contribution >= 4 is 29.8 Å². The van der Waals surface area contributed by atoms with Gasteiger partial charge in [-0.25, -0.2) is 19.6 Å². The lowest BCUT2D eigenvalue weighted by Crippen LogP contribution is -2.57. The van der Waals surface area contributed by atoms with Gasteiger partial charge in [0, 0.05) is 111 Å². The van der Waals surface area contributed by atoms with E-state index in [2.05, 4.69) is 10.4 Å². The number of carbonyl (C=O) groups excluding carboxylic acids is 5. The Kier molecular flexibility index (Phi) is 15.8. The molecular weight excluding hydrogens is 608 g/mol. The average Bonchev–Trinajstić information content (AvgIpc) is 2.97. The third-order valence-corrected chi connectivity index (χ3v) is 7.97. The minimum Gasteiger partial charge on any atom is -0.444 e. The maximum atomic E-state index is 12.0. The van der Waals surface area contributed by atoms with Gasteiger partial charge in [-0.3, -0.25) is 25.7 Å². The molecule has 0 bridgehead atoms. The van der Waals surface area contributed by atoms with E-state index in [0.29, 0.717) is 71.2 Å². The van der Waals surface area contributed by atoms with Crippen molar-refractivity contribution in [3.63, 3.8) is 0 Å². The third-order valence-electron chi connectivity index (χ3n) is 7.97. The Morgan fingerprint density at radius 3 is 1.38 bits per heavy atom. The fourth-order valence-corrected chi connectivity index (χ4v) is 5.23. The molecule has 0 unspecified atom stereocenters. The molecule has 0 saturated carbocycles. The second-order valence-electron chi connectivity index (χ2n) is 14.4. The van der Waals surface area contributed by atoms with E-state index in [-0.39, 0.29) is 29.8 Å². The lowest BCUT2D eigenvalue weighted by atomic mass is 10.1. The predicted molar refractivity (Wildman–Crippen MR) is 178 cm³/mol. The van der Waals surface area contributed by atoms with Crippen LogP contribution in [0.1, 0.15) is 81.1 Å². The van der Waals surface area contributed by atoms with Gasteiger partial charge in [0.25, 0.3) is 0 Å². The molecule has 0 atom stereocenters. The van der Waals surface area contributed by atoms with E-state index in [1.807, 2.05) is 46.4 Å². The summed E-state index contributed by atoms with van der Waals surface area (Å²) < 4.78 is 10.6. The number of Topliss-reactive ketones (excluding diaryl/α,β-unsaturated/α-hetero) is 1. The number of carbonyl (C=O) groups is 5. The number of ketones is 1. The molecule has 0 aromatic carbocycles. The van der Waals surface area contributed by atoms with E-state index >= 15 is 0 Å². The number of hydrogen-bond acceptors (Lipinski definition) is 11. The number of amides is 4. The zero-order chi connectivity index (χ0) is 35.4. The van der Waals surface area contributed by atoms with Crippen LogP contribution in [0.4, 0.5) is 9.59 Å². The summed E-state index contributed by atoms with van der Waals surface area (Å²) in [7, 11) is 0. The smallest absolute Gasteiger partial charge is 0.410 e. The molecule has 0 aromatic heterocycles. The van der Waals surface area contributed by atoms with Gasteiger partial charge in [0.05, 0.1) is 0 Å². The number of rotatable bonds is 2. The topological polar surface area (TPSA) is 161 Å². The van der Waals surface area contributed by atoms with Crippen molar-refractivity contribution in [1.29, 1.82) is 0 Å². The van der Waals surface area contributed by atoms with Gasteiger partial charge >= 0.3 is 12.2 Å². The summed E-state index contributed by atoms with van der Waals surface area (Å²) in [6.45, 7) is 23.0. The maximum Gasteiger partial charge on any atom is 0.410 e. The van der Waals surface area contributed by atoms with Crippen LogP contribution in [0.15, 0.2) is 0 Å². The Bertz CT molecular complexity index is 1030. The van der Waals surface area contributed by atoms with Crippen LogP contribution >= 0.6 is 0 Å². The summed E-state index contributed by atoms with van der Waals surface area (Å²) in [4.78, 5) is 63.4. The molecule has 0 aliphatic carbocycles. The van der Waals surface area contributed by atoms with Crippen LogP contribution in [0, 0.1) is 0 Å². The molecule has 0 spiro atoms. The van der Waals surface area contributed by atoms with E-state index < -0.39 is 11.2 Å². The van der Waals surface area contributed by atoms with Crippen molar-refractivity contribution < 1.29 is 33.4 Å². The van der Waals surface area contributed by atoms with Crippen LogP contribution in [0.2, 0.25) is 0 Å². The highest BCUT2D eigenvalue weighted by Crippen LogP contribution is 2.14. The highest BCUT2D eigenvalue weighted by Gasteiger charge is 2.28. The van der Waals surface area contributed by atoms with Gasteiger partial charge in [0.15, 0.2) is 0 Å². The van der Waals surface area contributed by atoms with E-state index in [1.54, 1.807) is 26.6 Å². The highest BCUT2D eigenvalue weighted by atomic mass is 16.6. The van der Waals surface area contributed by atoms with E-state index in [0.717, 1.165) is 39.0 Å². The molecule has 0 radical (unpaired) electrons. The molecule has 4 rings (SSSR count). The number of hydrogen-bond donors (Lipinski definition) is 2. The standard InChI is InChI=1S/C16H30N4O3.C9H19N3O2.C7H11NO2/c1-13(21)18-7-5-14(6-8-18)17-20-11-9-19(10-12-20)15(22)23-16(2,3)4;1-9(2,3)14-8(13)11-4-6-12(10)7-5-11;1-6(9)8-4-2-7(10)3-5-8/h14,17H,5-12H2,1-4H3;4-7,10H2,1-3H3;2-5H2,1H3. The number of hydrazine groups is 2. The second-order valence-corrected chi connectivity index (χ2v) is 14.4. The maximum absolute atomic E-state index is 12.0. The summed E-state index contributed by atoms with van der Waals surface area (Å²) in [5.74, 6) is 6.09. The Morgan fingerprint density at radius 2 is 1.00 bits per heavy atom. The Labute approximate surface area is 280 Å². The summed E-state index contributed by atoms with van der Waals surface area (Å²) in [5, 5.41) is 3.90. The van der Waals surface area contributed by atoms with Crippen molar-refractivity contribution in [1.82, 2.24) is 35.0 Å². The number of piperidine rings is 2. The van der Waals surface area contributed by atoms with Crippen LogP contribution in [0.5, 0.6) is 0 Å². The highest BCUT2D eigenvalue weighted by molar-refractivity contribution is 5.82. The van der Waals surface area contributed by atoms with Crippen molar-refractivity contribution in [2.24, 2.45) is 5.84 Å². The van der Waals surface area contributed by atoms with Crippen LogP contribution in [-0.2, 0) is 23.9 Å². The van der Waals surface area contributed by atoms with Gasteiger partial charge in [-0.05, 0) is 54.4 Å². The van der Waals surface area contributed by atoms with E-state index in [1.165, 1.54) is 6.92 Å². The van der Waals surface area contributed by atoms with Crippen LogP contribution in [0.3, 0.4) is 0 Å². The molecule has 15 nitrogen and oxygen atoms in total. The number of nitrogens with two attached hydrogens (primary N) is 1. The van der Waals surface area contributed by atoms with Gasteiger partial charge in [0.2, 0.25) is 11.8 Å². The number of nitrogens with one attached hydrogen (secondary N) is 1. The normalized spacial score (nSPS) is 20.4. The molecular formula is C32H60N8O7. The third kappa shape index (κ3) is 16.1. The van der Waals surface area contributed by atoms with Gasteiger partial charge in [-0.15, -0.1) is 0 Å². The number of nitrogens with zero attached hydrogens (tertiary/aromatic N) is 6. The van der Waals surface area contributed by atoms with Gasteiger partial charge in [0.1, 0.15) is 17.0 Å². The fraction of sp³-hybridized carbons (Fsp3) is 0.844. The zero-order valence-electron chi connectivity index (χ0n) is 30.0. The minimum absolute atomic E-state index is 0.0764. The lowest BCUT2D eigenvalue weighted by Gasteiger charge is -2.39. The lowest BCUT2D eigenvalue weighted by molar-refractivity contribution is -0.133. The Hall–Kier alpha value is -3.01. The quantitative estimate of drug-likeness (QED) is 0.412. The average molecular weight is 669 g/mol. The molecule has 3 N–H and O–H groups in total. The molecule has 4 aliphatic heterocycles. The first-order valence-corrected chi connectivity index (χ1v) is 16.8. The SMILES string of the molecule is CC(=O)N1CCC(=O)CC1.CC(=O)N1CCC(NN2CCN(C(=O)OC(C)(C)C)CC2)CC1.CC(C)(C)OC(=O)N1CCN(N)CC1. The molecule has 4 fully saturated rings. The van der Waals surface area contributed by atoms with E-state index in [4.69, 9.17) is 15.3 Å². The number of ether oxygens (including phenoxy) is 2. The monoisotopic (exact) mass is 668 g/mol.